The summed E-state index contributed by atoms with van der Waals surface area (Å²) in [4.78, 5) is 6.64. The fourth-order valence-electron chi connectivity index (χ4n) is 4.34. The van der Waals surface area contributed by atoms with Crippen molar-refractivity contribution in [2.45, 2.75) is 44.8 Å². The summed E-state index contributed by atoms with van der Waals surface area (Å²) in [7, 11) is 0. The molecular weight excluding hydrogens is 378 g/mol. The highest BCUT2D eigenvalue weighted by molar-refractivity contribution is 7.71. The van der Waals surface area contributed by atoms with Crippen LogP contribution in [0.25, 0.3) is 11.4 Å². The lowest BCUT2D eigenvalue weighted by molar-refractivity contribution is 0.140. The fourth-order valence-corrected chi connectivity index (χ4v) is 4.67. The van der Waals surface area contributed by atoms with E-state index in [1.165, 1.54) is 37.7 Å². The monoisotopic (exact) mass is 405 g/mol. The van der Waals surface area contributed by atoms with Crippen molar-refractivity contribution in [1.82, 2.24) is 24.2 Å². The quantitative estimate of drug-likeness (QED) is 0.556. The Kier molecular flexibility index (Phi) is 5.29. The number of hydrogen-bond acceptors (Lipinski definition) is 4. The summed E-state index contributed by atoms with van der Waals surface area (Å²) in [5, 5.41) is 4.93. The molecule has 0 unspecified atom stereocenters. The minimum absolute atomic E-state index is 0.510. The zero-order valence-corrected chi connectivity index (χ0v) is 17.5. The predicted molar refractivity (Wildman–Crippen MR) is 117 cm³/mol. The number of benzene rings is 1. The van der Waals surface area contributed by atoms with Crippen LogP contribution >= 0.6 is 12.2 Å². The van der Waals surface area contributed by atoms with E-state index in [0.29, 0.717) is 6.04 Å². The van der Waals surface area contributed by atoms with Gasteiger partial charge in [-0.1, -0.05) is 30.3 Å². The molecule has 6 heteroatoms. The first-order chi connectivity index (χ1) is 14.3. The van der Waals surface area contributed by atoms with Crippen LogP contribution in [0.2, 0.25) is 0 Å². The SMILES string of the molecule is S=c1n(CN2CCC(Cc3ccccc3)CC2)nc(-c2ccncc2)n1C1CC1. The summed E-state index contributed by atoms with van der Waals surface area (Å²) < 4.78 is 5.14. The number of nitrogens with zero attached hydrogens (tertiary/aromatic N) is 5. The van der Waals surface area contributed by atoms with Gasteiger partial charge in [0.15, 0.2) is 10.6 Å². The van der Waals surface area contributed by atoms with Gasteiger partial charge in [-0.05, 0) is 67.9 Å². The second kappa shape index (κ2) is 8.20. The molecule has 1 aliphatic heterocycles. The summed E-state index contributed by atoms with van der Waals surface area (Å²) in [6.07, 6.45) is 9.71. The van der Waals surface area contributed by atoms with Crippen LogP contribution in [0.5, 0.6) is 0 Å². The first-order valence-electron chi connectivity index (χ1n) is 10.6. The summed E-state index contributed by atoms with van der Waals surface area (Å²) in [6.45, 7) is 3.01. The van der Waals surface area contributed by atoms with Crippen LogP contribution in [0, 0.1) is 10.7 Å². The minimum Gasteiger partial charge on any atom is -0.297 e. The molecule has 1 aromatic carbocycles. The molecule has 0 amide bonds. The Hall–Kier alpha value is -2.31. The van der Waals surface area contributed by atoms with Crippen molar-refractivity contribution in [3.05, 3.63) is 65.2 Å². The third kappa shape index (κ3) is 4.19. The average molecular weight is 406 g/mol. The van der Waals surface area contributed by atoms with Crippen molar-refractivity contribution < 1.29 is 0 Å². The lowest BCUT2D eigenvalue weighted by atomic mass is 9.90. The van der Waals surface area contributed by atoms with Gasteiger partial charge in [0.05, 0.1) is 6.67 Å². The maximum atomic E-state index is 5.83. The van der Waals surface area contributed by atoms with E-state index < -0.39 is 0 Å². The molecule has 0 atom stereocenters. The molecule has 29 heavy (non-hydrogen) atoms. The van der Waals surface area contributed by atoms with Gasteiger partial charge in [0.1, 0.15) is 0 Å². The second-order valence-corrected chi connectivity index (χ2v) is 8.70. The van der Waals surface area contributed by atoms with E-state index in [0.717, 1.165) is 41.8 Å². The van der Waals surface area contributed by atoms with Crippen LogP contribution < -0.4 is 0 Å². The molecule has 2 fully saturated rings. The number of pyridine rings is 1. The van der Waals surface area contributed by atoms with Crippen molar-refractivity contribution in [1.29, 1.82) is 0 Å². The Morgan fingerprint density at radius 1 is 0.931 bits per heavy atom. The van der Waals surface area contributed by atoms with E-state index in [4.69, 9.17) is 17.3 Å². The lowest BCUT2D eigenvalue weighted by Crippen LogP contribution is -2.36. The molecule has 5 rings (SSSR count). The summed E-state index contributed by atoms with van der Waals surface area (Å²) >= 11 is 5.83. The molecule has 1 saturated heterocycles. The van der Waals surface area contributed by atoms with Crippen molar-refractivity contribution in [3.8, 4) is 11.4 Å². The molecule has 5 nitrogen and oxygen atoms in total. The predicted octanol–water partition coefficient (Wildman–Crippen LogP) is 4.72. The van der Waals surface area contributed by atoms with Gasteiger partial charge in [0.25, 0.3) is 0 Å². The van der Waals surface area contributed by atoms with Crippen molar-refractivity contribution in [2.75, 3.05) is 13.1 Å². The van der Waals surface area contributed by atoms with Gasteiger partial charge < -0.3 is 0 Å². The summed E-state index contributed by atoms with van der Waals surface area (Å²) in [6, 6.07) is 15.4. The highest BCUT2D eigenvalue weighted by Crippen LogP contribution is 2.38. The van der Waals surface area contributed by atoms with Crippen LogP contribution in [-0.4, -0.2) is 37.3 Å². The first-order valence-corrected chi connectivity index (χ1v) is 11.0. The van der Waals surface area contributed by atoms with E-state index >= 15 is 0 Å². The van der Waals surface area contributed by atoms with E-state index in [-0.39, 0.29) is 0 Å². The van der Waals surface area contributed by atoms with Crippen LogP contribution in [-0.2, 0) is 13.1 Å². The van der Waals surface area contributed by atoms with E-state index in [2.05, 4.69) is 44.8 Å². The van der Waals surface area contributed by atoms with E-state index in [1.807, 2.05) is 29.2 Å². The number of hydrogen-bond donors (Lipinski definition) is 0. The van der Waals surface area contributed by atoms with Gasteiger partial charge in [-0.25, -0.2) is 4.68 Å². The highest BCUT2D eigenvalue weighted by atomic mass is 32.1. The average Bonchev–Trinajstić information content (AvgIpc) is 3.55. The Morgan fingerprint density at radius 2 is 1.66 bits per heavy atom. The van der Waals surface area contributed by atoms with Crippen molar-refractivity contribution >= 4 is 12.2 Å². The Morgan fingerprint density at radius 3 is 2.34 bits per heavy atom. The summed E-state index contributed by atoms with van der Waals surface area (Å²) in [5.74, 6) is 1.76. The third-order valence-corrected chi connectivity index (χ3v) is 6.54. The van der Waals surface area contributed by atoms with Gasteiger partial charge in [-0.3, -0.25) is 14.5 Å². The normalized spacial score (nSPS) is 18.2. The number of likely N-dealkylation sites (tertiary alicyclic amines) is 1. The standard InChI is InChI=1S/C23H27N5S/c29-23-27(25-22(28(23)21-6-7-21)20-8-12-24-13-9-20)17-26-14-10-19(11-15-26)16-18-4-2-1-3-5-18/h1-5,8-9,12-13,19,21H,6-7,10-11,14-17H2. The van der Waals surface area contributed by atoms with Crippen LogP contribution in [0.3, 0.4) is 0 Å². The molecule has 1 aliphatic carbocycles. The van der Waals surface area contributed by atoms with E-state index in [9.17, 15) is 0 Å². The smallest absolute Gasteiger partial charge is 0.199 e. The number of piperidine rings is 1. The molecule has 1 saturated carbocycles. The fraction of sp³-hybridized carbons (Fsp3) is 0.435. The maximum Gasteiger partial charge on any atom is 0.199 e. The van der Waals surface area contributed by atoms with Gasteiger partial charge in [-0.15, -0.1) is 0 Å². The molecule has 0 radical (unpaired) electrons. The van der Waals surface area contributed by atoms with Crippen LogP contribution in [0.1, 0.15) is 37.3 Å². The molecule has 2 aliphatic rings. The lowest BCUT2D eigenvalue weighted by Gasteiger charge is -2.31. The van der Waals surface area contributed by atoms with Gasteiger partial charge in [-0.2, -0.15) is 5.10 Å². The largest absolute Gasteiger partial charge is 0.297 e. The molecule has 3 heterocycles. The van der Waals surface area contributed by atoms with E-state index in [1.54, 1.807) is 0 Å². The molecule has 0 spiro atoms. The van der Waals surface area contributed by atoms with Gasteiger partial charge in [0.2, 0.25) is 0 Å². The Labute approximate surface area is 177 Å². The van der Waals surface area contributed by atoms with Crippen LogP contribution in [0.4, 0.5) is 0 Å². The molecule has 3 aromatic rings. The first kappa shape index (κ1) is 18.7. The Bertz CT molecular complexity index is 999. The van der Waals surface area contributed by atoms with Crippen molar-refractivity contribution in [2.24, 2.45) is 5.92 Å². The van der Waals surface area contributed by atoms with Crippen molar-refractivity contribution in [3.63, 3.8) is 0 Å². The molecular formula is C23H27N5S. The molecule has 150 valence electrons. The van der Waals surface area contributed by atoms with Gasteiger partial charge >= 0.3 is 0 Å². The topological polar surface area (TPSA) is 38.9 Å². The molecule has 2 aromatic heterocycles. The number of rotatable bonds is 6. The third-order valence-electron chi connectivity index (χ3n) is 6.13. The maximum absolute atomic E-state index is 5.83. The molecule has 0 bridgehead atoms. The number of aromatic nitrogens is 4. The van der Waals surface area contributed by atoms with Gasteiger partial charge in [0, 0.05) is 37.1 Å². The second-order valence-electron chi connectivity index (χ2n) is 8.34. The minimum atomic E-state index is 0.510. The summed E-state index contributed by atoms with van der Waals surface area (Å²) in [5.41, 5.74) is 2.55. The Balaban J connectivity index is 1.27. The van der Waals surface area contributed by atoms with Crippen LogP contribution in [0.15, 0.2) is 54.9 Å². The molecule has 0 N–H and O–H groups in total. The zero-order valence-electron chi connectivity index (χ0n) is 16.7. The zero-order chi connectivity index (χ0) is 19.6. The highest BCUT2D eigenvalue weighted by Gasteiger charge is 2.29.